The Morgan fingerprint density at radius 3 is 1.00 bits per heavy atom. The van der Waals surface area contributed by atoms with Crippen LogP contribution in [0.15, 0.2) is 0 Å². The van der Waals surface area contributed by atoms with Crippen molar-refractivity contribution in [1.29, 1.82) is 0 Å². The van der Waals surface area contributed by atoms with Crippen LogP contribution in [-0.2, 0) is 0 Å². The fraction of sp³-hybridized carbons (Fsp3) is 1.00. The summed E-state index contributed by atoms with van der Waals surface area (Å²) in [5.41, 5.74) is 0. The lowest BCUT2D eigenvalue weighted by Gasteiger charge is -2.35. The molecule has 0 aromatic carbocycles. The molecule has 0 spiro atoms. The van der Waals surface area contributed by atoms with Crippen LogP contribution in [0.2, 0.25) is 0 Å². The zero-order valence-electron chi connectivity index (χ0n) is 11.9. The summed E-state index contributed by atoms with van der Waals surface area (Å²) in [6, 6.07) is 0. The average molecular weight is 362 g/mol. The normalized spacial score (nSPS) is 11.6. The van der Waals surface area contributed by atoms with Crippen LogP contribution in [-0.4, -0.2) is 63.3 Å². The molecular formula is C12H30Br2N2. The molecule has 0 radical (unpaired) electrons. The summed E-state index contributed by atoms with van der Waals surface area (Å²) in [5, 5.41) is 0. The van der Waals surface area contributed by atoms with Crippen molar-refractivity contribution < 1.29 is 42.9 Å². The molecule has 0 fully saturated rings. The third-order valence-electron chi connectivity index (χ3n) is 2.97. The first-order chi connectivity index (χ1) is 6.33. The lowest BCUT2D eigenvalue weighted by Crippen LogP contribution is -3.00. The lowest BCUT2D eigenvalue weighted by atomic mass is 10.3. The van der Waals surface area contributed by atoms with Crippen molar-refractivity contribution in [3.05, 3.63) is 0 Å². The fourth-order valence-corrected chi connectivity index (χ4v) is 1.98. The maximum atomic E-state index is 2.34. The quantitative estimate of drug-likeness (QED) is 0.405. The van der Waals surface area contributed by atoms with Gasteiger partial charge in [0.25, 0.3) is 0 Å². The minimum atomic E-state index is 0. The third-order valence-corrected chi connectivity index (χ3v) is 2.97. The molecule has 0 aliphatic heterocycles. The van der Waals surface area contributed by atoms with E-state index in [1.165, 1.54) is 48.0 Å². The largest absolute Gasteiger partial charge is 1.00 e. The number of likely N-dealkylation sites (N-methyl/N-ethyl adjacent to an activating group) is 2. The zero-order valence-corrected chi connectivity index (χ0v) is 15.1. The maximum absolute atomic E-state index is 2.34. The van der Waals surface area contributed by atoms with Gasteiger partial charge in [0.1, 0.15) is 13.1 Å². The van der Waals surface area contributed by atoms with Crippen LogP contribution in [0.1, 0.15) is 26.7 Å². The van der Waals surface area contributed by atoms with Gasteiger partial charge in [-0.05, 0) is 12.8 Å². The van der Waals surface area contributed by atoms with E-state index in [0.717, 1.165) is 0 Å². The van der Waals surface area contributed by atoms with Gasteiger partial charge in [0, 0.05) is 0 Å². The van der Waals surface area contributed by atoms with E-state index in [1.54, 1.807) is 0 Å². The van der Waals surface area contributed by atoms with E-state index < -0.39 is 0 Å². The molecule has 0 saturated heterocycles. The minimum absolute atomic E-state index is 0. The molecule has 0 amide bonds. The Kier molecular flexibility index (Phi) is 13.6. The molecule has 102 valence electrons. The van der Waals surface area contributed by atoms with Crippen LogP contribution in [0.4, 0.5) is 0 Å². The van der Waals surface area contributed by atoms with Crippen molar-refractivity contribution >= 4 is 0 Å². The summed E-state index contributed by atoms with van der Waals surface area (Å²) in [7, 11) is 9.37. The third kappa shape index (κ3) is 11.4. The topological polar surface area (TPSA) is 0 Å². The van der Waals surface area contributed by atoms with Crippen molar-refractivity contribution in [1.82, 2.24) is 0 Å². The fourth-order valence-electron chi connectivity index (χ4n) is 1.98. The Balaban J connectivity index is -0.000000845. The van der Waals surface area contributed by atoms with Crippen molar-refractivity contribution in [2.24, 2.45) is 0 Å². The second-order valence-corrected chi connectivity index (χ2v) is 5.77. The first kappa shape index (κ1) is 22.1. The van der Waals surface area contributed by atoms with Gasteiger partial charge in [-0.1, -0.05) is 13.8 Å². The smallest absolute Gasteiger partial charge is 0.128 e. The van der Waals surface area contributed by atoms with Crippen molar-refractivity contribution in [2.45, 2.75) is 26.7 Å². The Morgan fingerprint density at radius 1 is 0.562 bits per heavy atom. The van der Waals surface area contributed by atoms with E-state index in [-0.39, 0.29) is 34.0 Å². The summed E-state index contributed by atoms with van der Waals surface area (Å²) in [4.78, 5) is 0. The number of nitrogens with zero attached hydrogens (tertiary/aromatic N) is 2. The van der Waals surface area contributed by atoms with Gasteiger partial charge >= 0.3 is 0 Å². The van der Waals surface area contributed by atoms with Gasteiger partial charge in [0.2, 0.25) is 0 Å². The van der Waals surface area contributed by atoms with Crippen molar-refractivity contribution in [3.8, 4) is 0 Å². The van der Waals surface area contributed by atoms with E-state index >= 15 is 0 Å². The predicted octanol–water partition coefficient (Wildman–Crippen LogP) is -4.03. The molecule has 0 heterocycles. The molecule has 0 aliphatic carbocycles. The second kappa shape index (κ2) is 9.86. The Morgan fingerprint density at radius 2 is 0.812 bits per heavy atom. The highest BCUT2D eigenvalue weighted by molar-refractivity contribution is 4.36. The zero-order chi connectivity index (χ0) is 11.2. The monoisotopic (exact) mass is 360 g/mol. The first-order valence-electron chi connectivity index (χ1n) is 5.97. The molecule has 4 heteroatoms. The summed E-state index contributed by atoms with van der Waals surface area (Å²) >= 11 is 0. The summed E-state index contributed by atoms with van der Waals surface area (Å²) < 4.78 is 2.34. The molecule has 0 unspecified atom stereocenters. The van der Waals surface area contributed by atoms with Crippen LogP contribution in [0, 0.1) is 0 Å². The number of hydrogen-bond acceptors (Lipinski definition) is 0. The molecule has 0 aromatic rings. The van der Waals surface area contributed by atoms with E-state index in [4.69, 9.17) is 0 Å². The van der Waals surface area contributed by atoms with Crippen molar-refractivity contribution in [2.75, 3.05) is 54.4 Å². The summed E-state index contributed by atoms with van der Waals surface area (Å²) in [6.45, 7) is 9.72. The highest BCUT2D eigenvalue weighted by Gasteiger charge is 2.20. The number of hydrogen-bond donors (Lipinski definition) is 0. The Bertz CT molecular complexity index is 141. The standard InChI is InChI=1S/C12H30N2.2BrH/c1-7-9-13(3,4)11-12-14(5,6)10-8-2;;/h7-12H2,1-6H3;2*1H/q+2;;/p-2. The molecule has 0 saturated carbocycles. The van der Waals surface area contributed by atoms with Gasteiger partial charge in [0.15, 0.2) is 0 Å². The lowest BCUT2D eigenvalue weighted by molar-refractivity contribution is -0.945. The van der Waals surface area contributed by atoms with Gasteiger partial charge in [-0.2, -0.15) is 0 Å². The van der Waals surface area contributed by atoms with Crippen molar-refractivity contribution in [3.63, 3.8) is 0 Å². The van der Waals surface area contributed by atoms with Gasteiger partial charge in [-0.25, -0.2) is 0 Å². The molecular weight excluding hydrogens is 332 g/mol. The molecule has 2 nitrogen and oxygen atoms in total. The molecule has 0 aliphatic rings. The molecule has 0 bridgehead atoms. The van der Waals surface area contributed by atoms with E-state index in [1.807, 2.05) is 0 Å². The van der Waals surface area contributed by atoms with Crippen LogP contribution in [0.5, 0.6) is 0 Å². The van der Waals surface area contributed by atoms with Crippen LogP contribution in [0.25, 0.3) is 0 Å². The Hall–Kier alpha value is 0.880. The predicted molar refractivity (Wildman–Crippen MR) is 64.3 cm³/mol. The first-order valence-corrected chi connectivity index (χ1v) is 5.97. The number of rotatable bonds is 7. The molecule has 16 heavy (non-hydrogen) atoms. The minimum Gasteiger partial charge on any atom is -1.00 e. The Labute approximate surface area is 124 Å². The summed E-state index contributed by atoms with van der Waals surface area (Å²) in [5.74, 6) is 0. The maximum Gasteiger partial charge on any atom is 0.128 e. The van der Waals surface area contributed by atoms with E-state index in [0.29, 0.717) is 0 Å². The highest BCUT2D eigenvalue weighted by atomic mass is 79.9. The van der Waals surface area contributed by atoms with Crippen LogP contribution >= 0.6 is 0 Å². The van der Waals surface area contributed by atoms with Gasteiger partial charge in [-0.3, -0.25) is 0 Å². The molecule has 0 aromatic heterocycles. The molecule has 0 atom stereocenters. The van der Waals surface area contributed by atoms with Gasteiger partial charge < -0.3 is 42.9 Å². The molecule has 0 rings (SSSR count). The second-order valence-electron chi connectivity index (χ2n) is 5.77. The van der Waals surface area contributed by atoms with Gasteiger partial charge in [-0.15, -0.1) is 0 Å². The summed E-state index contributed by atoms with van der Waals surface area (Å²) in [6.07, 6.45) is 2.57. The highest BCUT2D eigenvalue weighted by Crippen LogP contribution is 2.04. The van der Waals surface area contributed by atoms with E-state index in [9.17, 15) is 0 Å². The van der Waals surface area contributed by atoms with Gasteiger partial charge in [0.05, 0.1) is 41.3 Å². The van der Waals surface area contributed by atoms with Crippen LogP contribution in [0.3, 0.4) is 0 Å². The number of halogens is 2. The molecule has 0 N–H and O–H groups in total. The SMILES string of the molecule is CCC[N+](C)(C)CC[N+](C)(C)CCC.[Br-].[Br-]. The van der Waals surface area contributed by atoms with Crippen LogP contribution < -0.4 is 34.0 Å². The number of quaternary nitrogens is 2. The van der Waals surface area contributed by atoms with E-state index in [2.05, 4.69) is 42.0 Å². The average Bonchev–Trinajstić information content (AvgIpc) is 2.01.